The van der Waals surface area contributed by atoms with Crippen LogP contribution >= 0.6 is 0 Å². The first kappa shape index (κ1) is 15.3. The van der Waals surface area contributed by atoms with Crippen LogP contribution in [0.3, 0.4) is 0 Å². The van der Waals surface area contributed by atoms with Crippen molar-refractivity contribution in [1.82, 2.24) is 5.32 Å². The van der Waals surface area contributed by atoms with E-state index in [1.54, 1.807) is 14.2 Å². The van der Waals surface area contributed by atoms with Gasteiger partial charge in [-0.05, 0) is 49.3 Å². The monoisotopic (exact) mass is 277 g/mol. The number of rotatable bonds is 7. The molecule has 0 spiro atoms. The maximum Gasteiger partial charge on any atom is 0.122 e. The van der Waals surface area contributed by atoms with Gasteiger partial charge < -0.3 is 14.8 Å². The molecule has 3 nitrogen and oxygen atoms in total. The van der Waals surface area contributed by atoms with Crippen LogP contribution in [-0.2, 0) is 17.6 Å². The molecule has 1 aromatic rings. The second-order valence-electron chi connectivity index (χ2n) is 5.59. The van der Waals surface area contributed by atoms with Crippen LogP contribution in [0.5, 0.6) is 5.75 Å². The first-order valence-electron chi connectivity index (χ1n) is 7.68. The number of hydrogen-bond donors (Lipinski definition) is 1. The summed E-state index contributed by atoms with van der Waals surface area (Å²) in [6.45, 7) is 3.07. The van der Waals surface area contributed by atoms with Crippen molar-refractivity contribution in [2.75, 3.05) is 20.8 Å². The van der Waals surface area contributed by atoms with Crippen molar-refractivity contribution < 1.29 is 9.47 Å². The van der Waals surface area contributed by atoms with Crippen LogP contribution in [0.4, 0.5) is 0 Å². The Labute approximate surface area is 122 Å². The molecule has 20 heavy (non-hydrogen) atoms. The van der Waals surface area contributed by atoms with Crippen LogP contribution in [0.25, 0.3) is 0 Å². The third-order valence-electron chi connectivity index (χ3n) is 4.30. The highest BCUT2D eigenvalue weighted by Gasteiger charge is 2.22. The van der Waals surface area contributed by atoms with Gasteiger partial charge >= 0.3 is 0 Å². The average molecular weight is 277 g/mol. The molecule has 0 amide bonds. The van der Waals surface area contributed by atoms with E-state index < -0.39 is 0 Å². The molecule has 3 heteroatoms. The van der Waals surface area contributed by atoms with Crippen molar-refractivity contribution in [1.29, 1.82) is 0 Å². The van der Waals surface area contributed by atoms with Crippen molar-refractivity contribution >= 4 is 0 Å². The maximum atomic E-state index is 5.51. The highest BCUT2D eigenvalue weighted by molar-refractivity contribution is 5.42. The molecule has 112 valence electrons. The summed E-state index contributed by atoms with van der Waals surface area (Å²) in [6.07, 6.45) is 5.66. The molecule has 1 aliphatic rings. The highest BCUT2D eigenvalue weighted by Crippen LogP contribution is 2.29. The number of hydrogen-bond acceptors (Lipinski definition) is 3. The van der Waals surface area contributed by atoms with Crippen molar-refractivity contribution in [2.45, 2.75) is 51.1 Å². The summed E-state index contributed by atoms with van der Waals surface area (Å²) in [6, 6.07) is 7.51. The summed E-state index contributed by atoms with van der Waals surface area (Å²) >= 11 is 0. The molecule has 2 rings (SSSR count). The highest BCUT2D eigenvalue weighted by atomic mass is 16.5. The first-order valence-corrected chi connectivity index (χ1v) is 7.68. The molecule has 1 aromatic carbocycles. The van der Waals surface area contributed by atoms with Crippen molar-refractivity contribution in [3.8, 4) is 5.75 Å². The third-order valence-corrected chi connectivity index (χ3v) is 4.30. The molecular formula is C17H27NO2. The van der Waals surface area contributed by atoms with E-state index in [0.717, 1.165) is 38.0 Å². The second kappa shape index (κ2) is 7.65. The molecule has 0 aromatic heterocycles. The number of fused-ring (bicyclic) bond motifs is 1. The van der Waals surface area contributed by atoms with Gasteiger partial charge in [0.1, 0.15) is 5.75 Å². The molecule has 1 aliphatic carbocycles. The number of methoxy groups -OCH3 is 2. The standard InChI is InChI=1S/C17H27NO2/c1-4-14(10-11-19-2)18-15-9-8-13-6-5-7-17(20-3)16(13)12-15/h5-7,14-15,18H,4,8-12H2,1-3H3. The minimum Gasteiger partial charge on any atom is -0.496 e. The van der Waals surface area contributed by atoms with Gasteiger partial charge in [-0.3, -0.25) is 0 Å². The number of ether oxygens (including phenoxy) is 2. The van der Waals surface area contributed by atoms with E-state index in [4.69, 9.17) is 9.47 Å². The fourth-order valence-corrected chi connectivity index (χ4v) is 3.09. The zero-order valence-electron chi connectivity index (χ0n) is 12.9. The Bertz CT molecular complexity index is 405. The second-order valence-corrected chi connectivity index (χ2v) is 5.59. The van der Waals surface area contributed by atoms with E-state index in [1.807, 2.05) is 0 Å². The quantitative estimate of drug-likeness (QED) is 0.831. The lowest BCUT2D eigenvalue weighted by Crippen LogP contribution is -2.42. The van der Waals surface area contributed by atoms with Gasteiger partial charge in [0.2, 0.25) is 0 Å². The smallest absolute Gasteiger partial charge is 0.122 e. The Morgan fingerprint density at radius 3 is 2.90 bits per heavy atom. The van der Waals surface area contributed by atoms with Crippen molar-refractivity contribution in [3.05, 3.63) is 29.3 Å². The minimum atomic E-state index is 0.552. The third kappa shape index (κ3) is 3.74. The Balaban J connectivity index is 1.99. The summed E-state index contributed by atoms with van der Waals surface area (Å²) in [5, 5.41) is 3.80. The molecule has 0 fully saturated rings. The fourth-order valence-electron chi connectivity index (χ4n) is 3.09. The van der Waals surface area contributed by atoms with Gasteiger partial charge in [0.25, 0.3) is 0 Å². The summed E-state index contributed by atoms with van der Waals surface area (Å²) in [5.74, 6) is 1.04. The normalized spacial score (nSPS) is 19.4. The number of aryl methyl sites for hydroxylation is 1. The molecule has 0 saturated heterocycles. The summed E-state index contributed by atoms with van der Waals surface area (Å²) in [5.41, 5.74) is 2.84. The average Bonchev–Trinajstić information content (AvgIpc) is 2.50. The maximum absolute atomic E-state index is 5.51. The SMILES string of the molecule is CCC(CCOC)NC1CCc2cccc(OC)c2C1. The molecular weight excluding hydrogens is 250 g/mol. The van der Waals surface area contributed by atoms with Gasteiger partial charge in [0.15, 0.2) is 0 Å². The fraction of sp³-hybridized carbons (Fsp3) is 0.647. The van der Waals surface area contributed by atoms with Crippen LogP contribution in [0.2, 0.25) is 0 Å². The van der Waals surface area contributed by atoms with Crippen LogP contribution in [-0.4, -0.2) is 32.9 Å². The lowest BCUT2D eigenvalue weighted by atomic mass is 9.87. The molecule has 0 saturated carbocycles. The van der Waals surface area contributed by atoms with E-state index in [9.17, 15) is 0 Å². The first-order chi connectivity index (χ1) is 9.78. The van der Waals surface area contributed by atoms with E-state index in [-0.39, 0.29) is 0 Å². The lowest BCUT2D eigenvalue weighted by Gasteiger charge is -2.30. The van der Waals surface area contributed by atoms with Crippen molar-refractivity contribution in [2.24, 2.45) is 0 Å². The Kier molecular flexibility index (Phi) is 5.86. The van der Waals surface area contributed by atoms with Gasteiger partial charge in [-0.15, -0.1) is 0 Å². The van der Waals surface area contributed by atoms with Gasteiger partial charge in [-0.25, -0.2) is 0 Å². The van der Waals surface area contributed by atoms with Gasteiger partial charge in [-0.2, -0.15) is 0 Å². The van der Waals surface area contributed by atoms with Crippen LogP contribution in [0.1, 0.15) is 37.3 Å². The zero-order valence-corrected chi connectivity index (χ0v) is 12.9. The van der Waals surface area contributed by atoms with E-state index in [1.165, 1.54) is 17.5 Å². The van der Waals surface area contributed by atoms with Crippen LogP contribution < -0.4 is 10.1 Å². The van der Waals surface area contributed by atoms with Gasteiger partial charge in [0.05, 0.1) is 7.11 Å². The minimum absolute atomic E-state index is 0.552. The number of nitrogens with one attached hydrogen (secondary N) is 1. The van der Waals surface area contributed by atoms with Crippen molar-refractivity contribution in [3.63, 3.8) is 0 Å². The predicted molar refractivity (Wildman–Crippen MR) is 82.5 cm³/mol. The number of benzene rings is 1. The van der Waals surface area contributed by atoms with Crippen LogP contribution in [0.15, 0.2) is 18.2 Å². The summed E-state index contributed by atoms with van der Waals surface area (Å²) in [7, 11) is 3.54. The van der Waals surface area contributed by atoms with E-state index in [2.05, 4.69) is 30.4 Å². The van der Waals surface area contributed by atoms with E-state index in [0.29, 0.717) is 12.1 Å². The molecule has 0 aliphatic heterocycles. The lowest BCUT2D eigenvalue weighted by molar-refractivity contribution is 0.178. The van der Waals surface area contributed by atoms with Gasteiger partial charge in [-0.1, -0.05) is 19.1 Å². The summed E-state index contributed by atoms with van der Waals surface area (Å²) < 4.78 is 10.7. The largest absolute Gasteiger partial charge is 0.496 e. The Morgan fingerprint density at radius 1 is 1.35 bits per heavy atom. The summed E-state index contributed by atoms with van der Waals surface area (Å²) in [4.78, 5) is 0. The van der Waals surface area contributed by atoms with Crippen LogP contribution in [0, 0.1) is 0 Å². The molecule has 0 radical (unpaired) electrons. The Morgan fingerprint density at radius 2 is 2.20 bits per heavy atom. The molecule has 2 atom stereocenters. The van der Waals surface area contributed by atoms with E-state index >= 15 is 0 Å². The predicted octanol–water partition coefficient (Wildman–Crippen LogP) is 2.96. The molecule has 2 unspecified atom stereocenters. The molecule has 0 bridgehead atoms. The topological polar surface area (TPSA) is 30.5 Å². The zero-order chi connectivity index (χ0) is 14.4. The molecule has 0 heterocycles. The van der Waals surface area contributed by atoms with Gasteiger partial charge in [0, 0.05) is 25.8 Å². The molecule has 1 N–H and O–H groups in total. The Hall–Kier alpha value is -1.06.